The largest absolute Gasteiger partial charge is 0.365 e. The fourth-order valence-electron chi connectivity index (χ4n) is 4.47. The van der Waals surface area contributed by atoms with E-state index in [0.717, 1.165) is 55.1 Å². The molecule has 3 heterocycles. The Kier molecular flexibility index (Phi) is 5.56. The molecule has 6 heteroatoms. The maximum absolute atomic E-state index is 13.0. The molecular weight excluding hydrogens is 362 g/mol. The summed E-state index contributed by atoms with van der Waals surface area (Å²) in [5.74, 6) is 1.03. The third-order valence-electron chi connectivity index (χ3n) is 6.30. The molecule has 2 aromatic rings. The number of likely N-dealkylation sites (tertiary alicyclic amines) is 1. The van der Waals surface area contributed by atoms with Crippen LogP contribution in [0.4, 0.5) is 5.82 Å². The van der Waals surface area contributed by atoms with Crippen LogP contribution in [0, 0.1) is 13.8 Å². The summed E-state index contributed by atoms with van der Waals surface area (Å²) >= 11 is 0. The van der Waals surface area contributed by atoms with E-state index in [1.165, 1.54) is 5.56 Å². The lowest BCUT2D eigenvalue weighted by Crippen LogP contribution is -2.38. The van der Waals surface area contributed by atoms with Crippen LogP contribution in [0.3, 0.4) is 0 Å². The van der Waals surface area contributed by atoms with Crippen LogP contribution in [0.25, 0.3) is 0 Å². The molecule has 0 spiro atoms. The van der Waals surface area contributed by atoms with Gasteiger partial charge in [0.15, 0.2) is 0 Å². The van der Waals surface area contributed by atoms with Crippen molar-refractivity contribution < 1.29 is 4.79 Å². The minimum Gasteiger partial charge on any atom is -0.365 e. The Morgan fingerprint density at radius 3 is 2.76 bits per heavy atom. The highest BCUT2D eigenvalue weighted by molar-refractivity contribution is 5.94. The summed E-state index contributed by atoms with van der Waals surface area (Å²) in [7, 11) is 0. The van der Waals surface area contributed by atoms with Crippen molar-refractivity contribution in [3.8, 4) is 0 Å². The fourth-order valence-corrected chi connectivity index (χ4v) is 4.47. The molecule has 1 amide bonds. The van der Waals surface area contributed by atoms with Gasteiger partial charge in [0.1, 0.15) is 5.82 Å². The van der Waals surface area contributed by atoms with Gasteiger partial charge >= 0.3 is 0 Å². The second kappa shape index (κ2) is 8.13. The first kappa shape index (κ1) is 19.9. The van der Waals surface area contributed by atoms with Gasteiger partial charge in [-0.3, -0.25) is 10.1 Å². The van der Waals surface area contributed by atoms with E-state index in [-0.39, 0.29) is 17.5 Å². The molecule has 4 rings (SSSR count). The SMILES string of the molecule is CC[C@@]1(c2ccc(C(=O)N3CC[C@H](Nc4ncc(C)cc4C)C3)cc2)CNCN1. The number of anilines is 1. The van der Waals surface area contributed by atoms with Crippen molar-refractivity contribution in [3.05, 3.63) is 58.8 Å². The molecule has 2 saturated heterocycles. The van der Waals surface area contributed by atoms with Gasteiger partial charge < -0.3 is 15.5 Å². The molecular formula is C23H31N5O. The first-order chi connectivity index (χ1) is 14.0. The molecule has 2 atom stereocenters. The van der Waals surface area contributed by atoms with Crippen LogP contribution in [0.1, 0.15) is 46.8 Å². The molecule has 1 aromatic heterocycles. The lowest BCUT2D eigenvalue weighted by Gasteiger charge is -2.28. The van der Waals surface area contributed by atoms with Gasteiger partial charge in [0, 0.05) is 44.1 Å². The number of carbonyl (C=O) groups excluding carboxylic acids is 1. The predicted octanol–water partition coefficient (Wildman–Crippen LogP) is 2.78. The number of nitrogens with one attached hydrogen (secondary N) is 3. The lowest BCUT2D eigenvalue weighted by molar-refractivity contribution is 0.0791. The van der Waals surface area contributed by atoms with E-state index < -0.39 is 0 Å². The Labute approximate surface area is 173 Å². The molecule has 6 nitrogen and oxygen atoms in total. The molecule has 29 heavy (non-hydrogen) atoms. The first-order valence-electron chi connectivity index (χ1n) is 10.6. The minimum absolute atomic E-state index is 0.0247. The zero-order chi connectivity index (χ0) is 20.4. The highest BCUT2D eigenvalue weighted by atomic mass is 16.2. The zero-order valence-electron chi connectivity index (χ0n) is 17.6. The Bertz CT molecular complexity index is 873. The summed E-state index contributed by atoms with van der Waals surface area (Å²) in [5, 5.41) is 10.4. The van der Waals surface area contributed by atoms with Crippen molar-refractivity contribution in [2.24, 2.45) is 0 Å². The molecule has 2 fully saturated rings. The molecule has 0 bridgehead atoms. The van der Waals surface area contributed by atoms with Gasteiger partial charge in [-0.05, 0) is 55.5 Å². The van der Waals surface area contributed by atoms with Crippen molar-refractivity contribution in [3.63, 3.8) is 0 Å². The number of carbonyl (C=O) groups is 1. The van der Waals surface area contributed by atoms with Crippen LogP contribution in [-0.2, 0) is 5.54 Å². The van der Waals surface area contributed by atoms with Crippen LogP contribution in [-0.4, -0.2) is 48.1 Å². The number of benzene rings is 1. The van der Waals surface area contributed by atoms with Crippen LogP contribution in [0.15, 0.2) is 36.5 Å². The molecule has 2 aliphatic rings. The molecule has 3 N–H and O–H groups in total. The van der Waals surface area contributed by atoms with Crippen molar-refractivity contribution in [2.45, 2.75) is 45.2 Å². The summed E-state index contributed by atoms with van der Waals surface area (Å²) in [6, 6.07) is 10.5. The van der Waals surface area contributed by atoms with Gasteiger partial charge in [-0.15, -0.1) is 0 Å². The highest BCUT2D eigenvalue weighted by Crippen LogP contribution is 2.27. The molecule has 2 aliphatic heterocycles. The molecule has 0 unspecified atom stereocenters. The van der Waals surface area contributed by atoms with E-state index in [4.69, 9.17) is 0 Å². The zero-order valence-corrected chi connectivity index (χ0v) is 17.6. The summed E-state index contributed by atoms with van der Waals surface area (Å²) in [6.45, 7) is 9.54. The molecule has 1 aromatic carbocycles. The van der Waals surface area contributed by atoms with Gasteiger partial charge in [0.05, 0.1) is 5.54 Å². The number of pyridine rings is 1. The van der Waals surface area contributed by atoms with Crippen LogP contribution in [0.5, 0.6) is 0 Å². The average molecular weight is 394 g/mol. The van der Waals surface area contributed by atoms with Crippen molar-refractivity contribution >= 4 is 11.7 Å². The number of hydrogen-bond donors (Lipinski definition) is 3. The summed E-state index contributed by atoms with van der Waals surface area (Å²) in [5.41, 5.74) is 4.28. The van der Waals surface area contributed by atoms with E-state index in [1.54, 1.807) is 0 Å². The smallest absolute Gasteiger partial charge is 0.253 e. The summed E-state index contributed by atoms with van der Waals surface area (Å²) < 4.78 is 0. The Morgan fingerprint density at radius 2 is 2.10 bits per heavy atom. The second-order valence-corrected chi connectivity index (χ2v) is 8.35. The van der Waals surface area contributed by atoms with Gasteiger partial charge in [0.25, 0.3) is 5.91 Å². The quantitative estimate of drug-likeness (QED) is 0.729. The third-order valence-corrected chi connectivity index (χ3v) is 6.30. The van der Waals surface area contributed by atoms with Crippen LogP contribution in [0.2, 0.25) is 0 Å². The monoisotopic (exact) mass is 393 g/mol. The fraction of sp³-hybridized carbons (Fsp3) is 0.478. The van der Waals surface area contributed by atoms with Crippen LogP contribution < -0.4 is 16.0 Å². The first-order valence-corrected chi connectivity index (χ1v) is 10.6. The number of aromatic nitrogens is 1. The topological polar surface area (TPSA) is 69.3 Å². The number of amides is 1. The number of aryl methyl sites for hydroxylation is 2. The van der Waals surface area contributed by atoms with E-state index in [0.29, 0.717) is 6.54 Å². The van der Waals surface area contributed by atoms with Gasteiger partial charge in [0.2, 0.25) is 0 Å². The number of hydrogen-bond acceptors (Lipinski definition) is 5. The average Bonchev–Trinajstić information content (AvgIpc) is 3.40. The third kappa shape index (κ3) is 4.00. The van der Waals surface area contributed by atoms with E-state index in [2.05, 4.69) is 53.0 Å². The normalized spacial score (nSPS) is 24.1. The summed E-state index contributed by atoms with van der Waals surface area (Å²) in [4.78, 5) is 19.4. The Morgan fingerprint density at radius 1 is 1.31 bits per heavy atom. The Balaban J connectivity index is 1.40. The van der Waals surface area contributed by atoms with Gasteiger partial charge in [-0.25, -0.2) is 4.98 Å². The van der Waals surface area contributed by atoms with Crippen molar-refractivity contribution in [1.29, 1.82) is 0 Å². The molecule has 0 saturated carbocycles. The van der Waals surface area contributed by atoms with Crippen molar-refractivity contribution in [2.75, 3.05) is 31.6 Å². The van der Waals surface area contributed by atoms with E-state index >= 15 is 0 Å². The van der Waals surface area contributed by atoms with Gasteiger partial charge in [-0.1, -0.05) is 25.1 Å². The highest BCUT2D eigenvalue weighted by Gasteiger charge is 2.33. The standard InChI is InChI=1S/C23H31N5O/c1-4-23(14-24-15-26-23)19-7-5-18(6-8-19)22(29)28-10-9-20(13-28)27-21-17(3)11-16(2)12-25-21/h5-8,11-12,20,24,26H,4,9-10,13-15H2,1-3H3,(H,25,27)/t20-,23-/m0/s1. The summed E-state index contributed by atoms with van der Waals surface area (Å²) in [6.07, 6.45) is 3.83. The number of nitrogens with zero attached hydrogens (tertiary/aromatic N) is 2. The molecule has 154 valence electrons. The number of rotatable bonds is 5. The second-order valence-electron chi connectivity index (χ2n) is 8.35. The van der Waals surface area contributed by atoms with E-state index in [9.17, 15) is 4.79 Å². The predicted molar refractivity (Wildman–Crippen MR) is 116 cm³/mol. The maximum Gasteiger partial charge on any atom is 0.253 e. The van der Waals surface area contributed by atoms with E-state index in [1.807, 2.05) is 30.2 Å². The van der Waals surface area contributed by atoms with Gasteiger partial charge in [-0.2, -0.15) is 0 Å². The maximum atomic E-state index is 13.0. The minimum atomic E-state index is -0.0247. The van der Waals surface area contributed by atoms with Crippen LogP contribution >= 0.6 is 0 Å². The van der Waals surface area contributed by atoms with Crippen molar-refractivity contribution in [1.82, 2.24) is 20.5 Å². The molecule has 0 aliphatic carbocycles. The lowest BCUT2D eigenvalue weighted by atomic mass is 9.87. The molecule has 0 radical (unpaired) electrons. The Hall–Kier alpha value is -2.44.